The van der Waals surface area contributed by atoms with Crippen LogP contribution in [0.15, 0.2) is 48.7 Å². The fraction of sp³-hybridized carbons (Fsp3) is 0.0667. The van der Waals surface area contributed by atoms with Gasteiger partial charge in [-0.25, -0.2) is 0 Å². The number of ether oxygens (including phenoxy) is 1. The molecule has 0 aliphatic heterocycles. The molecule has 0 spiro atoms. The molecule has 0 bridgehead atoms. The van der Waals surface area contributed by atoms with Crippen molar-refractivity contribution in [1.82, 2.24) is 10.2 Å². The third-order valence-corrected chi connectivity index (χ3v) is 3.05. The highest BCUT2D eigenvalue weighted by Crippen LogP contribution is 2.18. The second-order valence-electron chi connectivity index (χ2n) is 4.35. The highest BCUT2D eigenvalue weighted by Gasteiger charge is 2.07. The molecule has 0 aliphatic carbocycles. The summed E-state index contributed by atoms with van der Waals surface area (Å²) in [6.45, 7) is 0. The summed E-state index contributed by atoms with van der Waals surface area (Å²) in [5.41, 5.74) is 2.19. The maximum absolute atomic E-state index is 12.1. The van der Waals surface area contributed by atoms with Crippen molar-refractivity contribution < 1.29 is 9.53 Å². The number of hydrogen-bond donors (Lipinski definition) is 2. The first-order chi connectivity index (χ1) is 9.76. The Morgan fingerprint density at radius 1 is 1.20 bits per heavy atom. The summed E-state index contributed by atoms with van der Waals surface area (Å²) in [7, 11) is 1.59. The van der Waals surface area contributed by atoms with Gasteiger partial charge in [-0.3, -0.25) is 9.89 Å². The van der Waals surface area contributed by atoms with E-state index in [1.54, 1.807) is 37.6 Å². The van der Waals surface area contributed by atoms with Gasteiger partial charge >= 0.3 is 0 Å². The van der Waals surface area contributed by atoms with Crippen LogP contribution in [0.2, 0.25) is 0 Å². The molecular formula is C15H13N3O2. The van der Waals surface area contributed by atoms with E-state index < -0.39 is 0 Å². The molecule has 5 nitrogen and oxygen atoms in total. The number of carbonyl (C=O) groups is 1. The molecular weight excluding hydrogens is 254 g/mol. The van der Waals surface area contributed by atoms with Crippen molar-refractivity contribution in [3.63, 3.8) is 0 Å². The van der Waals surface area contributed by atoms with Crippen molar-refractivity contribution in [2.45, 2.75) is 0 Å². The number of methoxy groups -OCH3 is 1. The predicted molar refractivity (Wildman–Crippen MR) is 77.0 cm³/mol. The van der Waals surface area contributed by atoms with Gasteiger partial charge in [-0.15, -0.1) is 0 Å². The largest absolute Gasteiger partial charge is 0.497 e. The second kappa shape index (κ2) is 5.05. The lowest BCUT2D eigenvalue weighted by Crippen LogP contribution is -2.11. The quantitative estimate of drug-likeness (QED) is 0.766. The number of aromatic amines is 1. The van der Waals surface area contributed by atoms with Gasteiger partial charge in [0.1, 0.15) is 5.75 Å². The number of fused-ring (bicyclic) bond motifs is 1. The van der Waals surface area contributed by atoms with Gasteiger partial charge < -0.3 is 10.1 Å². The SMILES string of the molecule is COc1ccc(C(=O)Nc2ccc3cn[nH]c3c2)cc1. The summed E-state index contributed by atoms with van der Waals surface area (Å²) in [4.78, 5) is 12.1. The van der Waals surface area contributed by atoms with Crippen molar-refractivity contribution >= 4 is 22.5 Å². The Morgan fingerprint density at radius 3 is 2.75 bits per heavy atom. The molecule has 1 aromatic heterocycles. The van der Waals surface area contributed by atoms with E-state index in [1.165, 1.54) is 0 Å². The zero-order valence-corrected chi connectivity index (χ0v) is 10.9. The molecule has 100 valence electrons. The third-order valence-electron chi connectivity index (χ3n) is 3.05. The van der Waals surface area contributed by atoms with Gasteiger partial charge in [0, 0.05) is 16.6 Å². The fourth-order valence-corrected chi connectivity index (χ4v) is 1.96. The summed E-state index contributed by atoms with van der Waals surface area (Å²) in [6, 6.07) is 12.6. The topological polar surface area (TPSA) is 67.0 Å². The maximum Gasteiger partial charge on any atom is 0.255 e. The van der Waals surface area contributed by atoms with E-state index in [9.17, 15) is 4.79 Å². The Bertz CT molecular complexity index is 747. The molecule has 0 unspecified atom stereocenters. The van der Waals surface area contributed by atoms with Gasteiger partial charge in [0.05, 0.1) is 18.8 Å². The van der Waals surface area contributed by atoms with Crippen LogP contribution in [-0.2, 0) is 0 Å². The van der Waals surface area contributed by atoms with Crippen LogP contribution in [0.1, 0.15) is 10.4 Å². The average Bonchev–Trinajstić information content (AvgIpc) is 2.95. The number of amides is 1. The first-order valence-corrected chi connectivity index (χ1v) is 6.15. The summed E-state index contributed by atoms with van der Waals surface area (Å²) >= 11 is 0. The smallest absolute Gasteiger partial charge is 0.255 e. The van der Waals surface area contributed by atoms with E-state index in [1.807, 2.05) is 18.2 Å². The number of H-pyrrole nitrogens is 1. The monoisotopic (exact) mass is 267 g/mol. The molecule has 0 aliphatic rings. The molecule has 0 saturated heterocycles. The molecule has 2 aromatic carbocycles. The Labute approximate surface area is 115 Å². The highest BCUT2D eigenvalue weighted by atomic mass is 16.5. The van der Waals surface area contributed by atoms with Crippen molar-refractivity contribution in [2.75, 3.05) is 12.4 Å². The number of aromatic nitrogens is 2. The normalized spacial score (nSPS) is 10.4. The molecule has 20 heavy (non-hydrogen) atoms. The Kier molecular flexibility index (Phi) is 3.09. The van der Waals surface area contributed by atoms with Gasteiger partial charge in [-0.2, -0.15) is 5.10 Å². The van der Waals surface area contributed by atoms with Crippen LogP contribution in [0.4, 0.5) is 5.69 Å². The molecule has 3 aromatic rings. The predicted octanol–water partition coefficient (Wildman–Crippen LogP) is 2.82. The molecule has 1 heterocycles. The molecule has 3 rings (SSSR count). The summed E-state index contributed by atoms with van der Waals surface area (Å²) in [5.74, 6) is 0.562. The number of benzene rings is 2. The minimum Gasteiger partial charge on any atom is -0.497 e. The number of nitrogens with zero attached hydrogens (tertiary/aromatic N) is 1. The van der Waals surface area contributed by atoms with Gasteiger partial charge in [-0.1, -0.05) is 0 Å². The molecule has 0 radical (unpaired) electrons. The summed E-state index contributed by atoms with van der Waals surface area (Å²) in [5, 5.41) is 10.7. The van der Waals surface area contributed by atoms with Crippen LogP contribution in [0.3, 0.4) is 0 Å². The average molecular weight is 267 g/mol. The van der Waals surface area contributed by atoms with Crippen LogP contribution in [0.25, 0.3) is 10.9 Å². The van der Waals surface area contributed by atoms with Crippen LogP contribution < -0.4 is 10.1 Å². The second-order valence-corrected chi connectivity index (χ2v) is 4.35. The minimum absolute atomic E-state index is 0.161. The Hall–Kier alpha value is -2.82. The molecule has 5 heteroatoms. The Morgan fingerprint density at radius 2 is 2.00 bits per heavy atom. The third kappa shape index (κ3) is 2.33. The molecule has 0 atom stereocenters. The number of hydrogen-bond acceptors (Lipinski definition) is 3. The minimum atomic E-state index is -0.161. The van der Waals surface area contributed by atoms with Crippen LogP contribution >= 0.6 is 0 Å². The van der Waals surface area contributed by atoms with Crippen LogP contribution in [0, 0.1) is 0 Å². The summed E-state index contributed by atoms with van der Waals surface area (Å²) < 4.78 is 5.06. The number of anilines is 1. The zero-order chi connectivity index (χ0) is 13.9. The van der Waals surface area contributed by atoms with Crippen molar-refractivity contribution in [3.8, 4) is 5.75 Å². The molecule has 1 amide bonds. The van der Waals surface area contributed by atoms with E-state index in [0.29, 0.717) is 5.56 Å². The number of nitrogens with one attached hydrogen (secondary N) is 2. The van der Waals surface area contributed by atoms with E-state index in [-0.39, 0.29) is 5.91 Å². The van der Waals surface area contributed by atoms with Gasteiger partial charge in [0.2, 0.25) is 0 Å². The first kappa shape index (κ1) is 12.2. The molecule has 0 fully saturated rings. The van der Waals surface area contributed by atoms with Crippen LogP contribution in [0.5, 0.6) is 5.75 Å². The zero-order valence-electron chi connectivity index (χ0n) is 10.9. The summed E-state index contributed by atoms with van der Waals surface area (Å²) in [6.07, 6.45) is 1.74. The lowest BCUT2D eigenvalue weighted by molar-refractivity contribution is 0.102. The van der Waals surface area contributed by atoms with E-state index >= 15 is 0 Å². The lowest BCUT2D eigenvalue weighted by Gasteiger charge is -2.06. The van der Waals surface area contributed by atoms with Gasteiger partial charge in [0.15, 0.2) is 0 Å². The lowest BCUT2D eigenvalue weighted by atomic mass is 10.2. The van der Waals surface area contributed by atoms with Crippen molar-refractivity contribution in [2.24, 2.45) is 0 Å². The van der Waals surface area contributed by atoms with E-state index in [0.717, 1.165) is 22.3 Å². The molecule has 0 saturated carbocycles. The van der Waals surface area contributed by atoms with Crippen molar-refractivity contribution in [1.29, 1.82) is 0 Å². The Balaban J connectivity index is 1.80. The van der Waals surface area contributed by atoms with Gasteiger partial charge in [0.25, 0.3) is 5.91 Å². The van der Waals surface area contributed by atoms with Crippen LogP contribution in [-0.4, -0.2) is 23.2 Å². The maximum atomic E-state index is 12.1. The van der Waals surface area contributed by atoms with E-state index in [4.69, 9.17) is 4.74 Å². The van der Waals surface area contributed by atoms with Crippen molar-refractivity contribution in [3.05, 3.63) is 54.2 Å². The number of carbonyl (C=O) groups excluding carboxylic acids is 1. The highest BCUT2D eigenvalue weighted by molar-refractivity contribution is 6.05. The molecule has 2 N–H and O–H groups in total. The first-order valence-electron chi connectivity index (χ1n) is 6.15. The van der Waals surface area contributed by atoms with E-state index in [2.05, 4.69) is 15.5 Å². The van der Waals surface area contributed by atoms with Gasteiger partial charge in [-0.05, 0) is 42.5 Å². The number of rotatable bonds is 3. The standard InChI is InChI=1S/C15H13N3O2/c1-20-13-6-3-10(4-7-13)15(19)17-12-5-2-11-9-16-18-14(11)8-12/h2-9H,1H3,(H,16,18)(H,17,19). The fourth-order valence-electron chi connectivity index (χ4n) is 1.96.